The van der Waals surface area contributed by atoms with Gasteiger partial charge in [-0.15, -0.1) is 0 Å². The summed E-state index contributed by atoms with van der Waals surface area (Å²) < 4.78 is 0. The van der Waals surface area contributed by atoms with Gasteiger partial charge in [0.15, 0.2) is 5.84 Å². The van der Waals surface area contributed by atoms with Crippen LogP contribution in [0.5, 0.6) is 0 Å². The highest BCUT2D eigenvalue weighted by atomic mass is 15.2. The normalized spacial score (nSPS) is 15.4. The molecule has 5 aromatic carbocycles. The van der Waals surface area contributed by atoms with Gasteiger partial charge in [0, 0.05) is 11.1 Å². The van der Waals surface area contributed by atoms with Crippen molar-refractivity contribution in [2.24, 2.45) is 9.98 Å². The van der Waals surface area contributed by atoms with E-state index in [2.05, 4.69) is 90.2 Å². The van der Waals surface area contributed by atoms with Crippen LogP contribution < -0.4 is 5.32 Å². The van der Waals surface area contributed by atoms with Crippen molar-refractivity contribution in [3.05, 3.63) is 144 Å². The quantitative estimate of drug-likeness (QED) is 0.323. The lowest BCUT2D eigenvalue weighted by Gasteiger charge is -2.24. The van der Waals surface area contributed by atoms with Crippen molar-refractivity contribution < 1.29 is 0 Å². The topological polar surface area (TPSA) is 36.8 Å². The summed E-state index contributed by atoms with van der Waals surface area (Å²) in [7, 11) is 0. The monoisotopic (exact) mass is 437 g/mol. The Balaban J connectivity index is 1.50. The minimum absolute atomic E-state index is 0.212. The predicted octanol–water partition coefficient (Wildman–Crippen LogP) is 7.00. The highest BCUT2D eigenvalue weighted by molar-refractivity contribution is 6.17. The van der Waals surface area contributed by atoms with Gasteiger partial charge in [-0.3, -0.25) is 0 Å². The lowest BCUT2D eigenvalue weighted by atomic mass is 9.97. The van der Waals surface area contributed by atoms with Gasteiger partial charge in [-0.2, -0.15) is 0 Å². The van der Waals surface area contributed by atoms with Crippen LogP contribution in [0.1, 0.15) is 22.9 Å². The fraction of sp³-hybridized carbons (Fsp3) is 0.0323. The maximum atomic E-state index is 5.01. The summed E-state index contributed by atoms with van der Waals surface area (Å²) in [5.41, 5.74) is 5.57. The predicted molar refractivity (Wildman–Crippen MR) is 141 cm³/mol. The number of hydrogen-bond acceptors (Lipinski definition) is 3. The van der Waals surface area contributed by atoms with Gasteiger partial charge in [0.1, 0.15) is 12.0 Å². The Labute approximate surface area is 199 Å². The average molecular weight is 438 g/mol. The second-order valence-corrected chi connectivity index (χ2v) is 8.34. The van der Waals surface area contributed by atoms with Crippen LogP contribution in [0, 0.1) is 0 Å². The molecule has 0 bridgehead atoms. The smallest absolute Gasteiger partial charge is 0.159 e. The largest absolute Gasteiger partial charge is 0.344 e. The van der Waals surface area contributed by atoms with E-state index in [0.29, 0.717) is 0 Å². The van der Waals surface area contributed by atoms with E-state index in [-0.39, 0.29) is 6.17 Å². The lowest BCUT2D eigenvalue weighted by molar-refractivity contribution is 0.674. The van der Waals surface area contributed by atoms with E-state index in [0.717, 1.165) is 33.7 Å². The molecule has 162 valence electrons. The zero-order valence-corrected chi connectivity index (χ0v) is 18.6. The van der Waals surface area contributed by atoms with E-state index in [1.807, 2.05) is 42.5 Å². The number of nitrogens with zero attached hydrogens (tertiary/aromatic N) is 2. The third-order valence-electron chi connectivity index (χ3n) is 6.13. The molecule has 1 atom stereocenters. The van der Waals surface area contributed by atoms with Crippen molar-refractivity contribution in [2.75, 3.05) is 0 Å². The van der Waals surface area contributed by atoms with Crippen LogP contribution in [0.3, 0.4) is 0 Å². The van der Waals surface area contributed by atoms with Crippen molar-refractivity contribution in [1.29, 1.82) is 0 Å². The first kappa shape index (κ1) is 20.1. The van der Waals surface area contributed by atoms with E-state index in [9.17, 15) is 0 Å². The number of fused-ring (bicyclic) bond motifs is 1. The lowest BCUT2D eigenvalue weighted by Crippen LogP contribution is -2.33. The molecule has 5 aromatic rings. The molecule has 0 aromatic heterocycles. The van der Waals surface area contributed by atoms with Gasteiger partial charge >= 0.3 is 0 Å². The van der Waals surface area contributed by atoms with Crippen LogP contribution >= 0.6 is 0 Å². The van der Waals surface area contributed by atoms with E-state index in [4.69, 9.17) is 9.98 Å². The summed E-state index contributed by atoms with van der Waals surface area (Å²) in [6.45, 7) is 0. The first-order valence-electron chi connectivity index (χ1n) is 11.5. The van der Waals surface area contributed by atoms with Gasteiger partial charge in [-0.25, -0.2) is 9.98 Å². The van der Waals surface area contributed by atoms with Gasteiger partial charge in [0.25, 0.3) is 0 Å². The van der Waals surface area contributed by atoms with E-state index in [1.54, 1.807) is 0 Å². The van der Waals surface area contributed by atoms with Crippen LogP contribution in [0.4, 0.5) is 0 Å². The molecule has 0 spiro atoms. The molecule has 34 heavy (non-hydrogen) atoms. The van der Waals surface area contributed by atoms with Crippen LogP contribution in [0.15, 0.2) is 137 Å². The highest BCUT2D eigenvalue weighted by Gasteiger charge is 2.22. The van der Waals surface area contributed by atoms with Crippen molar-refractivity contribution in [3.8, 4) is 11.1 Å². The molecule has 0 amide bonds. The minimum atomic E-state index is -0.212. The van der Waals surface area contributed by atoms with Crippen molar-refractivity contribution in [1.82, 2.24) is 5.32 Å². The molecule has 1 aliphatic rings. The Hall–Kier alpha value is -4.50. The Bertz CT molecular complexity index is 1500. The molecule has 1 heterocycles. The summed E-state index contributed by atoms with van der Waals surface area (Å²) in [5.74, 6) is 1.57. The Morgan fingerprint density at radius 1 is 0.559 bits per heavy atom. The van der Waals surface area contributed by atoms with Crippen molar-refractivity contribution >= 4 is 22.4 Å². The third kappa shape index (κ3) is 3.89. The first-order chi connectivity index (χ1) is 16.8. The first-order valence-corrected chi connectivity index (χ1v) is 11.5. The maximum Gasteiger partial charge on any atom is 0.159 e. The summed E-state index contributed by atoms with van der Waals surface area (Å²) in [4.78, 5) is 9.97. The van der Waals surface area contributed by atoms with E-state index < -0.39 is 0 Å². The van der Waals surface area contributed by atoms with Crippen molar-refractivity contribution in [2.45, 2.75) is 6.17 Å². The summed E-state index contributed by atoms with van der Waals surface area (Å²) in [6, 6.07) is 44.0. The molecular formula is C31H23N3. The van der Waals surface area contributed by atoms with Gasteiger partial charge in [0.05, 0.1) is 0 Å². The molecule has 3 heteroatoms. The number of aliphatic imine (C=N–C) groups is 2. The summed E-state index contributed by atoms with van der Waals surface area (Å²) in [5, 5.41) is 5.94. The molecule has 1 unspecified atom stereocenters. The van der Waals surface area contributed by atoms with E-state index in [1.165, 1.54) is 16.5 Å². The van der Waals surface area contributed by atoms with Crippen molar-refractivity contribution in [3.63, 3.8) is 0 Å². The summed E-state index contributed by atoms with van der Waals surface area (Å²) in [6.07, 6.45) is -0.212. The van der Waals surface area contributed by atoms with Crippen LogP contribution in [0.25, 0.3) is 21.9 Å². The van der Waals surface area contributed by atoms with Gasteiger partial charge in [-0.1, -0.05) is 121 Å². The minimum Gasteiger partial charge on any atom is -0.344 e. The molecule has 1 aliphatic heterocycles. The van der Waals surface area contributed by atoms with Gasteiger partial charge < -0.3 is 5.32 Å². The second kappa shape index (κ2) is 8.80. The zero-order chi connectivity index (χ0) is 22.7. The number of hydrogen-bond donors (Lipinski definition) is 1. The Kier molecular flexibility index (Phi) is 5.21. The Morgan fingerprint density at radius 3 is 1.97 bits per heavy atom. The Morgan fingerprint density at radius 2 is 1.24 bits per heavy atom. The number of rotatable bonds is 4. The fourth-order valence-corrected chi connectivity index (χ4v) is 4.40. The molecule has 6 rings (SSSR count). The molecule has 3 nitrogen and oxygen atoms in total. The maximum absolute atomic E-state index is 5.01. The third-order valence-corrected chi connectivity index (χ3v) is 6.13. The highest BCUT2D eigenvalue weighted by Crippen LogP contribution is 2.29. The molecule has 0 aliphatic carbocycles. The fourth-order valence-electron chi connectivity index (χ4n) is 4.40. The molecule has 0 saturated heterocycles. The van der Waals surface area contributed by atoms with Crippen LogP contribution in [0.2, 0.25) is 0 Å². The summed E-state index contributed by atoms with van der Waals surface area (Å²) >= 11 is 0. The average Bonchev–Trinajstić information content (AvgIpc) is 2.93. The molecule has 1 N–H and O–H groups in total. The van der Waals surface area contributed by atoms with Gasteiger partial charge in [0.2, 0.25) is 0 Å². The number of amidine groups is 2. The molecule has 0 radical (unpaired) electrons. The number of benzene rings is 5. The number of nitrogens with one attached hydrogen (secondary N) is 1. The second-order valence-electron chi connectivity index (χ2n) is 8.34. The SMILES string of the molecule is c1ccc(C2=NC(c3ccccc3)NC(c3cccc4ccc(-c5ccccc5)cc34)=N2)cc1. The molecular weight excluding hydrogens is 414 g/mol. The zero-order valence-electron chi connectivity index (χ0n) is 18.6. The van der Waals surface area contributed by atoms with Crippen LogP contribution in [-0.2, 0) is 0 Å². The van der Waals surface area contributed by atoms with Gasteiger partial charge in [-0.05, 0) is 33.5 Å². The standard InChI is InChI=1S/C31H23N3/c1-4-11-22(12-5-1)26-20-19-23-17-10-18-27(28(23)21-26)31-33-29(24-13-6-2-7-14-24)32-30(34-31)25-15-8-3-9-16-25/h1-21,29H,(H,32,33,34). The molecule has 0 fully saturated rings. The van der Waals surface area contributed by atoms with E-state index >= 15 is 0 Å². The van der Waals surface area contributed by atoms with Crippen LogP contribution in [-0.4, -0.2) is 11.7 Å². The molecule has 0 saturated carbocycles.